The van der Waals surface area contributed by atoms with Crippen LogP contribution in [0.4, 0.5) is 0 Å². The van der Waals surface area contributed by atoms with Crippen LogP contribution in [0, 0.1) is 19.8 Å². The van der Waals surface area contributed by atoms with E-state index in [4.69, 9.17) is 14.0 Å². The molecule has 1 unspecified atom stereocenters. The lowest BCUT2D eigenvalue weighted by Gasteiger charge is -2.46. The molecule has 0 N–H and O–H groups in total. The van der Waals surface area contributed by atoms with Crippen molar-refractivity contribution in [3.05, 3.63) is 41.5 Å². The average molecular weight is 399 g/mol. The van der Waals surface area contributed by atoms with E-state index in [9.17, 15) is 4.79 Å². The van der Waals surface area contributed by atoms with Crippen molar-refractivity contribution in [1.29, 1.82) is 0 Å². The Labute approximate surface area is 171 Å². The average Bonchev–Trinajstić information content (AvgIpc) is 3.07. The normalized spacial score (nSPS) is 21.3. The molecule has 1 atom stereocenters. The standard InChI is InChI=1S/C22H29N3O4/c1-16-20(17(2)29-24-16)21(26)25-11-7-22(8-12-25)15-18(6-14-28-22)5-13-27-19-3-9-23-10-4-19/h3-4,9-10,18H,5-8,11-15H2,1-2H3. The Bertz CT molecular complexity index is 808. The third-order valence-electron chi connectivity index (χ3n) is 6.25. The number of carbonyl (C=O) groups excluding carboxylic acids is 1. The zero-order chi connectivity index (χ0) is 20.3. The topological polar surface area (TPSA) is 77.7 Å². The molecule has 7 nitrogen and oxygen atoms in total. The number of amides is 1. The number of aromatic nitrogens is 2. The minimum atomic E-state index is -0.102. The van der Waals surface area contributed by atoms with Gasteiger partial charge in [0.15, 0.2) is 0 Å². The molecule has 2 saturated heterocycles. The number of hydrogen-bond acceptors (Lipinski definition) is 6. The second-order valence-corrected chi connectivity index (χ2v) is 8.20. The Balaban J connectivity index is 1.29. The van der Waals surface area contributed by atoms with Crippen molar-refractivity contribution in [2.75, 3.05) is 26.3 Å². The fourth-order valence-corrected chi connectivity index (χ4v) is 4.57. The number of likely N-dealkylation sites (tertiary alicyclic amines) is 1. The maximum atomic E-state index is 12.9. The van der Waals surface area contributed by atoms with Crippen molar-refractivity contribution < 1.29 is 18.8 Å². The highest BCUT2D eigenvalue weighted by atomic mass is 16.5. The van der Waals surface area contributed by atoms with Gasteiger partial charge < -0.3 is 18.9 Å². The lowest BCUT2D eigenvalue weighted by atomic mass is 9.78. The van der Waals surface area contributed by atoms with Gasteiger partial charge in [0.1, 0.15) is 17.1 Å². The number of rotatable bonds is 5. The smallest absolute Gasteiger partial charge is 0.259 e. The Morgan fingerprint density at radius 3 is 2.72 bits per heavy atom. The highest BCUT2D eigenvalue weighted by Gasteiger charge is 2.41. The Kier molecular flexibility index (Phi) is 5.85. The predicted octanol–water partition coefficient (Wildman–Crippen LogP) is 3.56. The van der Waals surface area contributed by atoms with E-state index in [2.05, 4.69) is 10.1 Å². The van der Waals surface area contributed by atoms with Crippen LogP contribution in [0.3, 0.4) is 0 Å². The maximum Gasteiger partial charge on any atom is 0.259 e. The SMILES string of the molecule is Cc1noc(C)c1C(=O)N1CCC2(CC1)CC(CCOc1ccncc1)CCO2. The van der Waals surface area contributed by atoms with Crippen LogP contribution < -0.4 is 4.74 Å². The third kappa shape index (κ3) is 4.45. The molecular formula is C22H29N3O4. The Hall–Kier alpha value is -2.41. The summed E-state index contributed by atoms with van der Waals surface area (Å²) in [4.78, 5) is 18.8. The molecule has 2 aliphatic rings. The van der Waals surface area contributed by atoms with Gasteiger partial charge in [0.25, 0.3) is 5.91 Å². The second-order valence-electron chi connectivity index (χ2n) is 8.20. The molecule has 0 bridgehead atoms. The molecule has 2 aliphatic heterocycles. The van der Waals surface area contributed by atoms with Crippen LogP contribution in [-0.4, -0.2) is 52.9 Å². The van der Waals surface area contributed by atoms with Crippen molar-refractivity contribution in [1.82, 2.24) is 15.0 Å². The molecule has 2 aromatic rings. The summed E-state index contributed by atoms with van der Waals surface area (Å²) in [5, 5.41) is 3.91. The van der Waals surface area contributed by atoms with Crippen LogP contribution in [0.2, 0.25) is 0 Å². The van der Waals surface area contributed by atoms with Crippen LogP contribution in [0.5, 0.6) is 5.75 Å². The summed E-state index contributed by atoms with van der Waals surface area (Å²) in [7, 11) is 0. The molecule has 7 heteroatoms. The molecule has 156 valence electrons. The molecule has 1 spiro atoms. The summed E-state index contributed by atoms with van der Waals surface area (Å²) in [5.74, 6) is 2.08. The van der Waals surface area contributed by atoms with E-state index in [1.165, 1.54) is 0 Å². The third-order valence-corrected chi connectivity index (χ3v) is 6.25. The Morgan fingerprint density at radius 1 is 1.28 bits per heavy atom. The first-order valence-corrected chi connectivity index (χ1v) is 10.5. The van der Waals surface area contributed by atoms with Crippen LogP contribution in [0.1, 0.15) is 53.9 Å². The number of hydrogen-bond donors (Lipinski definition) is 0. The zero-order valence-corrected chi connectivity index (χ0v) is 17.2. The molecule has 0 aliphatic carbocycles. The van der Waals surface area contributed by atoms with E-state index in [0.29, 0.717) is 42.6 Å². The summed E-state index contributed by atoms with van der Waals surface area (Å²) in [5.41, 5.74) is 1.17. The monoisotopic (exact) mass is 399 g/mol. The molecule has 2 fully saturated rings. The van der Waals surface area contributed by atoms with E-state index in [0.717, 1.165) is 44.5 Å². The summed E-state index contributed by atoms with van der Waals surface area (Å²) >= 11 is 0. The van der Waals surface area contributed by atoms with Crippen molar-refractivity contribution in [2.45, 2.75) is 51.6 Å². The number of pyridine rings is 1. The van der Waals surface area contributed by atoms with Gasteiger partial charge >= 0.3 is 0 Å². The lowest BCUT2D eigenvalue weighted by Crippen LogP contribution is -2.51. The fraction of sp³-hybridized carbons (Fsp3) is 0.591. The van der Waals surface area contributed by atoms with Gasteiger partial charge in [0.2, 0.25) is 0 Å². The lowest BCUT2D eigenvalue weighted by molar-refractivity contribution is -0.125. The summed E-state index contributed by atoms with van der Waals surface area (Å²) in [6, 6.07) is 3.77. The highest BCUT2D eigenvalue weighted by Crippen LogP contribution is 2.39. The van der Waals surface area contributed by atoms with Gasteiger partial charge in [-0.15, -0.1) is 0 Å². The quantitative estimate of drug-likeness (QED) is 0.765. The second kappa shape index (κ2) is 8.53. The fourth-order valence-electron chi connectivity index (χ4n) is 4.57. The van der Waals surface area contributed by atoms with Crippen molar-refractivity contribution >= 4 is 5.91 Å². The van der Waals surface area contributed by atoms with E-state index in [1.54, 1.807) is 19.3 Å². The van der Waals surface area contributed by atoms with E-state index < -0.39 is 0 Å². The minimum Gasteiger partial charge on any atom is -0.493 e. The number of ether oxygens (including phenoxy) is 2. The minimum absolute atomic E-state index is 0.0224. The summed E-state index contributed by atoms with van der Waals surface area (Å²) in [6.45, 7) is 6.53. The molecule has 0 aromatic carbocycles. The molecule has 4 heterocycles. The van der Waals surface area contributed by atoms with Gasteiger partial charge in [-0.1, -0.05) is 5.16 Å². The van der Waals surface area contributed by atoms with E-state index in [-0.39, 0.29) is 11.5 Å². The van der Waals surface area contributed by atoms with Gasteiger partial charge in [-0.05, 0) is 64.0 Å². The van der Waals surface area contributed by atoms with Crippen molar-refractivity contribution in [3.63, 3.8) is 0 Å². The van der Waals surface area contributed by atoms with Crippen LogP contribution in [0.25, 0.3) is 0 Å². The van der Waals surface area contributed by atoms with Gasteiger partial charge in [-0.25, -0.2) is 0 Å². The largest absolute Gasteiger partial charge is 0.493 e. The first-order chi connectivity index (χ1) is 14.1. The molecule has 1 amide bonds. The van der Waals surface area contributed by atoms with Crippen LogP contribution >= 0.6 is 0 Å². The van der Waals surface area contributed by atoms with Gasteiger partial charge in [0.05, 0.1) is 17.9 Å². The Morgan fingerprint density at radius 2 is 2.03 bits per heavy atom. The molecule has 29 heavy (non-hydrogen) atoms. The first-order valence-electron chi connectivity index (χ1n) is 10.5. The summed E-state index contributed by atoms with van der Waals surface area (Å²) < 4.78 is 17.3. The van der Waals surface area contributed by atoms with Gasteiger partial charge in [0, 0.05) is 32.1 Å². The number of piperidine rings is 1. The number of carbonyl (C=O) groups is 1. The molecule has 0 radical (unpaired) electrons. The van der Waals surface area contributed by atoms with E-state index >= 15 is 0 Å². The zero-order valence-electron chi connectivity index (χ0n) is 17.2. The van der Waals surface area contributed by atoms with Crippen LogP contribution in [-0.2, 0) is 4.74 Å². The number of aryl methyl sites for hydroxylation is 2. The molecular weight excluding hydrogens is 370 g/mol. The van der Waals surface area contributed by atoms with Gasteiger partial charge in [-0.3, -0.25) is 9.78 Å². The first kappa shape index (κ1) is 19.9. The maximum absolute atomic E-state index is 12.9. The molecule has 4 rings (SSSR count). The van der Waals surface area contributed by atoms with Gasteiger partial charge in [-0.2, -0.15) is 0 Å². The van der Waals surface area contributed by atoms with Crippen molar-refractivity contribution in [3.8, 4) is 5.75 Å². The van der Waals surface area contributed by atoms with E-state index in [1.807, 2.05) is 24.0 Å². The molecule has 0 saturated carbocycles. The molecule has 2 aromatic heterocycles. The van der Waals surface area contributed by atoms with Crippen LogP contribution in [0.15, 0.2) is 29.0 Å². The number of nitrogens with zero attached hydrogens (tertiary/aromatic N) is 3. The van der Waals surface area contributed by atoms with Crippen molar-refractivity contribution in [2.24, 2.45) is 5.92 Å². The summed E-state index contributed by atoms with van der Waals surface area (Å²) in [6.07, 6.45) is 8.39. The highest BCUT2D eigenvalue weighted by molar-refractivity contribution is 5.96. The predicted molar refractivity (Wildman–Crippen MR) is 107 cm³/mol.